The first-order chi connectivity index (χ1) is 8.63. The first-order valence-corrected chi connectivity index (χ1v) is 6.66. The molecule has 4 nitrogen and oxygen atoms in total. The topological polar surface area (TPSA) is 50.7 Å². The van der Waals surface area contributed by atoms with Gasteiger partial charge in [0.05, 0.1) is 0 Å². The van der Waals surface area contributed by atoms with Crippen LogP contribution in [0.1, 0.15) is 26.7 Å². The van der Waals surface area contributed by atoms with Crippen LogP contribution in [-0.2, 0) is 4.79 Å². The molecule has 1 rings (SSSR count). The number of hydrogen-bond donors (Lipinski definition) is 1. The molecule has 0 aliphatic carbocycles. The first kappa shape index (κ1) is 14.7. The maximum atomic E-state index is 11.6. The third-order valence-electron chi connectivity index (χ3n) is 2.18. The Morgan fingerprint density at radius 2 is 2.17 bits per heavy atom. The first-order valence-electron chi connectivity index (χ1n) is 5.87. The minimum absolute atomic E-state index is 0.259. The quantitative estimate of drug-likeness (QED) is 0.648. The lowest BCUT2D eigenvalue weighted by Gasteiger charge is -2.12. The van der Waals surface area contributed by atoms with Crippen LogP contribution in [0.5, 0.6) is 5.75 Å². The summed E-state index contributed by atoms with van der Waals surface area (Å²) in [6, 6.07) is 7.32. The lowest BCUT2D eigenvalue weighted by molar-refractivity contribution is -0.127. The van der Waals surface area contributed by atoms with Crippen molar-refractivity contribution in [3.8, 4) is 5.75 Å². The van der Waals surface area contributed by atoms with Crippen molar-refractivity contribution in [2.24, 2.45) is 5.10 Å². The average molecular weight is 313 g/mol. The third-order valence-corrected chi connectivity index (χ3v) is 2.71. The second-order valence-electron chi connectivity index (χ2n) is 3.79. The van der Waals surface area contributed by atoms with E-state index in [1.807, 2.05) is 19.1 Å². The monoisotopic (exact) mass is 312 g/mol. The fourth-order valence-electron chi connectivity index (χ4n) is 1.16. The van der Waals surface area contributed by atoms with Crippen molar-refractivity contribution in [2.75, 3.05) is 0 Å². The van der Waals surface area contributed by atoms with E-state index in [-0.39, 0.29) is 5.91 Å². The van der Waals surface area contributed by atoms with Gasteiger partial charge in [0.25, 0.3) is 5.91 Å². The molecule has 0 radical (unpaired) electrons. The Hall–Kier alpha value is -1.36. The predicted molar refractivity (Wildman–Crippen MR) is 75.8 cm³/mol. The van der Waals surface area contributed by atoms with Crippen LogP contribution < -0.4 is 10.2 Å². The number of rotatable bonds is 6. The van der Waals surface area contributed by atoms with Crippen LogP contribution in [0.3, 0.4) is 0 Å². The number of ether oxygens (including phenoxy) is 1. The van der Waals surface area contributed by atoms with Gasteiger partial charge in [-0.1, -0.05) is 29.3 Å². The third kappa shape index (κ3) is 5.31. The van der Waals surface area contributed by atoms with Crippen molar-refractivity contribution in [3.05, 3.63) is 28.7 Å². The van der Waals surface area contributed by atoms with Crippen molar-refractivity contribution in [3.63, 3.8) is 0 Å². The molecule has 0 aromatic heterocycles. The van der Waals surface area contributed by atoms with E-state index in [0.717, 1.165) is 17.3 Å². The molecule has 0 aliphatic heterocycles. The maximum absolute atomic E-state index is 11.6. The summed E-state index contributed by atoms with van der Waals surface area (Å²) in [6.07, 6.45) is 2.96. The Balaban J connectivity index is 2.42. The number of nitrogens with zero attached hydrogens (tertiary/aromatic N) is 1. The number of unbranched alkanes of at least 4 members (excludes halogenated alkanes) is 1. The average Bonchev–Trinajstić information content (AvgIpc) is 2.37. The maximum Gasteiger partial charge on any atom is 0.280 e. The van der Waals surface area contributed by atoms with Crippen molar-refractivity contribution >= 4 is 28.1 Å². The molecule has 0 saturated heterocycles. The van der Waals surface area contributed by atoms with Crippen molar-refractivity contribution < 1.29 is 9.53 Å². The van der Waals surface area contributed by atoms with Crippen LogP contribution in [0.25, 0.3) is 0 Å². The molecule has 0 spiro atoms. The summed E-state index contributed by atoms with van der Waals surface area (Å²) >= 11 is 3.34. The molecule has 0 aliphatic rings. The molecule has 1 aromatic rings. The molecule has 1 N–H and O–H groups in total. The van der Waals surface area contributed by atoms with Crippen LogP contribution >= 0.6 is 15.9 Å². The summed E-state index contributed by atoms with van der Waals surface area (Å²) in [4.78, 5) is 11.6. The molecule has 1 aromatic carbocycles. The van der Waals surface area contributed by atoms with Crippen LogP contribution in [0.4, 0.5) is 0 Å². The Morgan fingerprint density at radius 3 is 2.78 bits per heavy atom. The Morgan fingerprint density at radius 1 is 1.50 bits per heavy atom. The highest BCUT2D eigenvalue weighted by Gasteiger charge is 2.13. The minimum Gasteiger partial charge on any atom is -0.481 e. The highest BCUT2D eigenvalue weighted by molar-refractivity contribution is 9.10. The molecule has 1 atom stereocenters. The van der Waals surface area contributed by atoms with Gasteiger partial charge < -0.3 is 4.74 Å². The number of halogens is 1. The zero-order valence-corrected chi connectivity index (χ0v) is 12.1. The second kappa shape index (κ2) is 7.87. The number of hydrazone groups is 1. The summed E-state index contributed by atoms with van der Waals surface area (Å²) < 4.78 is 6.45. The standard InChI is InChI=1S/C13H17BrN2O2/c1-3-4-9-15-16-13(17)10(2)18-12-7-5-11(14)6-8-12/h5-10H,3-4H2,1-2H3,(H,16,17). The Labute approximate surface area is 116 Å². The van der Waals surface area contributed by atoms with E-state index in [2.05, 4.69) is 26.5 Å². The van der Waals surface area contributed by atoms with E-state index in [1.54, 1.807) is 25.3 Å². The molecule has 0 fully saturated rings. The van der Waals surface area contributed by atoms with Crippen LogP contribution in [0, 0.1) is 0 Å². The lowest BCUT2D eigenvalue weighted by atomic mass is 10.3. The van der Waals surface area contributed by atoms with Gasteiger partial charge in [-0.15, -0.1) is 0 Å². The molecule has 5 heteroatoms. The Kier molecular flexibility index (Phi) is 6.43. The van der Waals surface area contributed by atoms with Crippen molar-refractivity contribution in [1.29, 1.82) is 0 Å². The lowest BCUT2D eigenvalue weighted by Crippen LogP contribution is -2.33. The van der Waals surface area contributed by atoms with E-state index >= 15 is 0 Å². The summed E-state index contributed by atoms with van der Waals surface area (Å²) in [5.41, 5.74) is 2.45. The normalized spacial score (nSPS) is 12.4. The molecular weight excluding hydrogens is 296 g/mol. The number of amides is 1. The molecular formula is C13H17BrN2O2. The zero-order chi connectivity index (χ0) is 13.4. The summed E-state index contributed by atoms with van der Waals surface area (Å²) in [7, 11) is 0. The predicted octanol–water partition coefficient (Wildman–Crippen LogP) is 3.12. The van der Waals surface area contributed by atoms with Crippen molar-refractivity contribution in [1.82, 2.24) is 5.43 Å². The second-order valence-corrected chi connectivity index (χ2v) is 4.71. The number of hydrogen-bond acceptors (Lipinski definition) is 3. The summed E-state index contributed by atoms with van der Waals surface area (Å²) in [5, 5.41) is 3.83. The van der Waals surface area contributed by atoms with Gasteiger partial charge in [0.15, 0.2) is 6.10 Å². The fraction of sp³-hybridized carbons (Fsp3) is 0.385. The van der Waals surface area contributed by atoms with E-state index in [1.165, 1.54) is 0 Å². The molecule has 1 unspecified atom stereocenters. The number of benzene rings is 1. The smallest absolute Gasteiger partial charge is 0.280 e. The van der Waals surface area contributed by atoms with Gasteiger partial charge in [-0.2, -0.15) is 5.10 Å². The summed E-state index contributed by atoms with van der Waals surface area (Å²) in [5.74, 6) is 0.392. The highest BCUT2D eigenvalue weighted by Crippen LogP contribution is 2.17. The van der Waals surface area contributed by atoms with Gasteiger partial charge in [-0.25, -0.2) is 5.43 Å². The van der Waals surface area contributed by atoms with Gasteiger partial charge in [-0.05, 0) is 37.6 Å². The molecule has 1 amide bonds. The molecule has 0 saturated carbocycles. The minimum atomic E-state index is -0.579. The van der Waals surface area contributed by atoms with Crippen LogP contribution in [0.2, 0.25) is 0 Å². The highest BCUT2D eigenvalue weighted by atomic mass is 79.9. The van der Waals surface area contributed by atoms with Gasteiger partial charge in [0.2, 0.25) is 0 Å². The molecule has 98 valence electrons. The molecule has 0 bridgehead atoms. The summed E-state index contributed by atoms with van der Waals surface area (Å²) in [6.45, 7) is 3.74. The van der Waals surface area contributed by atoms with Gasteiger partial charge >= 0.3 is 0 Å². The number of carbonyl (C=O) groups is 1. The SMILES string of the molecule is CCCC=NNC(=O)C(C)Oc1ccc(Br)cc1. The van der Waals surface area contributed by atoms with E-state index in [9.17, 15) is 4.79 Å². The Bertz CT molecular complexity index is 404. The number of nitrogens with one attached hydrogen (secondary N) is 1. The fourth-order valence-corrected chi connectivity index (χ4v) is 1.43. The van der Waals surface area contributed by atoms with E-state index < -0.39 is 6.10 Å². The van der Waals surface area contributed by atoms with Crippen molar-refractivity contribution in [2.45, 2.75) is 32.8 Å². The largest absolute Gasteiger partial charge is 0.481 e. The van der Waals surface area contributed by atoms with Gasteiger partial charge in [0.1, 0.15) is 5.75 Å². The van der Waals surface area contributed by atoms with E-state index in [4.69, 9.17) is 4.74 Å². The van der Waals surface area contributed by atoms with Gasteiger partial charge in [-0.3, -0.25) is 4.79 Å². The number of carbonyl (C=O) groups excluding carboxylic acids is 1. The van der Waals surface area contributed by atoms with Crippen LogP contribution in [-0.4, -0.2) is 18.2 Å². The van der Waals surface area contributed by atoms with Gasteiger partial charge in [0, 0.05) is 10.7 Å². The molecule has 18 heavy (non-hydrogen) atoms. The zero-order valence-electron chi connectivity index (χ0n) is 10.5. The van der Waals surface area contributed by atoms with Crippen LogP contribution in [0.15, 0.2) is 33.8 Å². The van der Waals surface area contributed by atoms with E-state index in [0.29, 0.717) is 5.75 Å². The molecule has 0 heterocycles.